The molecule has 0 bridgehead atoms. The molecule has 11 heteroatoms. The van der Waals surface area contributed by atoms with Gasteiger partial charge in [0.2, 0.25) is 11.8 Å². The smallest absolute Gasteiger partial charge is 0.264 e. The predicted molar refractivity (Wildman–Crippen MR) is 161 cm³/mol. The van der Waals surface area contributed by atoms with Crippen LogP contribution in [0, 0.1) is 6.92 Å². The maximum absolute atomic E-state index is 14.0. The Bertz CT molecular complexity index is 1450. The summed E-state index contributed by atoms with van der Waals surface area (Å²) in [5, 5.41) is 3.26. The number of ether oxygens (including phenoxy) is 1. The van der Waals surface area contributed by atoms with Gasteiger partial charge in [-0.2, -0.15) is 0 Å². The number of nitrogens with zero attached hydrogens (tertiary/aromatic N) is 2. The molecule has 0 aliphatic carbocycles. The van der Waals surface area contributed by atoms with Crippen LogP contribution >= 0.6 is 27.5 Å². The lowest BCUT2D eigenvalue weighted by Gasteiger charge is -2.32. The predicted octanol–water partition coefficient (Wildman–Crippen LogP) is 5.56. The fourth-order valence-electron chi connectivity index (χ4n) is 3.96. The number of sulfonamides is 1. The quantitative estimate of drug-likeness (QED) is 0.277. The molecule has 0 aromatic heterocycles. The first-order valence-corrected chi connectivity index (χ1v) is 15.3. The van der Waals surface area contributed by atoms with E-state index in [9.17, 15) is 18.0 Å². The average Bonchev–Trinajstić information content (AvgIpc) is 2.94. The molecule has 8 nitrogen and oxygen atoms in total. The van der Waals surface area contributed by atoms with Crippen LogP contribution in [0.4, 0.5) is 5.69 Å². The van der Waals surface area contributed by atoms with Crippen LogP contribution in [0.15, 0.2) is 76.1 Å². The molecule has 214 valence electrons. The van der Waals surface area contributed by atoms with Crippen LogP contribution in [-0.2, 0) is 26.2 Å². The molecule has 0 heterocycles. The van der Waals surface area contributed by atoms with E-state index in [2.05, 4.69) is 21.2 Å². The monoisotopic (exact) mass is 649 g/mol. The molecular weight excluding hydrogens is 618 g/mol. The third-order valence-electron chi connectivity index (χ3n) is 6.33. The lowest BCUT2D eigenvalue weighted by atomic mass is 10.1. The zero-order valence-electron chi connectivity index (χ0n) is 22.9. The van der Waals surface area contributed by atoms with Crippen LogP contribution in [-0.4, -0.2) is 51.4 Å². The van der Waals surface area contributed by atoms with E-state index in [-0.39, 0.29) is 17.3 Å². The Labute approximate surface area is 249 Å². The minimum absolute atomic E-state index is 0.0229. The first-order valence-electron chi connectivity index (χ1n) is 12.7. The summed E-state index contributed by atoms with van der Waals surface area (Å²) >= 11 is 9.74. The van der Waals surface area contributed by atoms with E-state index >= 15 is 0 Å². The van der Waals surface area contributed by atoms with Crippen molar-refractivity contribution < 1.29 is 22.7 Å². The minimum atomic E-state index is -4.21. The van der Waals surface area contributed by atoms with Crippen molar-refractivity contribution in [3.63, 3.8) is 0 Å². The maximum atomic E-state index is 14.0. The average molecular weight is 651 g/mol. The van der Waals surface area contributed by atoms with Gasteiger partial charge in [-0.15, -0.1) is 0 Å². The van der Waals surface area contributed by atoms with Gasteiger partial charge in [0.25, 0.3) is 10.0 Å². The SMILES string of the molecule is CCCNC(=O)[C@@H](C)N(Cc1ccccc1Cl)C(=O)CN(c1ccc(C)cc1)S(=O)(=O)c1ccc(OC)c(Br)c1. The summed E-state index contributed by atoms with van der Waals surface area (Å²) in [6.45, 7) is 5.37. The topological polar surface area (TPSA) is 96.0 Å². The molecule has 1 atom stereocenters. The Kier molecular flexibility index (Phi) is 11.0. The van der Waals surface area contributed by atoms with Crippen LogP contribution in [0.3, 0.4) is 0 Å². The second-order valence-corrected chi connectivity index (χ2v) is 12.3. The van der Waals surface area contributed by atoms with Crippen molar-refractivity contribution in [2.24, 2.45) is 0 Å². The van der Waals surface area contributed by atoms with Crippen LogP contribution < -0.4 is 14.4 Å². The van der Waals surface area contributed by atoms with Gasteiger partial charge in [-0.3, -0.25) is 13.9 Å². The van der Waals surface area contributed by atoms with E-state index in [1.807, 2.05) is 13.8 Å². The second kappa shape index (κ2) is 14.0. The van der Waals surface area contributed by atoms with Crippen LogP contribution in [0.1, 0.15) is 31.4 Å². The van der Waals surface area contributed by atoms with Gasteiger partial charge in [0.15, 0.2) is 0 Å². The van der Waals surface area contributed by atoms with Gasteiger partial charge in [-0.1, -0.05) is 54.4 Å². The second-order valence-electron chi connectivity index (χ2n) is 9.22. The van der Waals surface area contributed by atoms with Gasteiger partial charge >= 0.3 is 0 Å². The molecule has 40 heavy (non-hydrogen) atoms. The van der Waals surface area contributed by atoms with Crippen molar-refractivity contribution in [3.05, 3.63) is 87.4 Å². The van der Waals surface area contributed by atoms with Crippen molar-refractivity contribution in [3.8, 4) is 5.75 Å². The van der Waals surface area contributed by atoms with Gasteiger partial charge in [0.05, 0.1) is 22.2 Å². The lowest BCUT2D eigenvalue weighted by Crippen LogP contribution is -2.51. The zero-order valence-corrected chi connectivity index (χ0v) is 26.0. The molecule has 0 radical (unpaired) electrons. The summed E-state index contributed by atoms with van der Waals surface area (Å²) in [4.78, 5) is 28.2. The molecule has 0 saturated heterocycles. The van der Waals surface area contributed by atoms with Gasteiger partial charge in [-0.05, 0) is 78.2 Å². The van der Waals surface area contributed by atoms with Crippen molar-refractivity contribution in [2.75, 3.05) is 24.5 Å². The van der Waals surface area contributed by atoms with E-state index in [1.165, 1.54) is 30.2 Å². The number of rotatable bonds is 12. The highest BCUT2D eigenvalue weighted by Gasteiger charge is 2.33. The zero-order chi connectivity index (χ0) is 29.4. The van der Waals surface area contributed by atoms with Crippen molar-refractivity contribution in [1.82, 2.24) is 10.2 Å². The summed E-state index contributed by atoms with van der Waals surface area (Å²) in [6, 6.07) is 17.4. The highest BCUT2D eigenvalue weighted by atomic mass is 79.9. The largest absolute Gasteiger partial charge is 0.496 e. The first kappa shape index (κ1) is 31.4. The first-order chi connectivity index (χ1) is 19.0. The van der Waals surface area contributed by atoms with E-state index in [0.717, 1.165) is 16.3 Å². The fraction of sp³-hybridized carbons (Fsp3) is 0.310. The lowest BCUT2D eigenvalue weighted by molar-refractivity contribution is -0.139. The third kappa shape index (κ3) is 7.56. The molecule has 2 amide bonds. The number of aryl methyl sites for hydroxylation is 1. The molecule has 3 rings (SSSR count). The Morgan fingerprint density at radius 2 is 1.75 bits per heavy atom. The third-order valence-corrected chi connectivity index (χ3v) is 9.09. The number of carbonyl (C=O) groups excluding carboxylic acids is 2. The number of amides is 2. The van der Waals surface area contributed by atoms with Gasteiger partial charge in [-0.25, -0.2) is 8.42 Å². The Morgan fingerprint density at radius 3 is 2.35 bits per heavy atom. The highest BCUT2D eigenvalue weighted by Crippen LogP contribution is 2.31. The summed E-state index contributed by atoms with van der Waals surface area (Å²) in [5.74, 6) is -0.434. The Hall–Kier alpha value is -3.08. The highest BCUT2D eigenvalue weighted by molar-refractivity contribution is 9.10. The van der Waals surface area contributed by atoms with Gasteiger partial charge < -0.3 is 15.0 Å². The number of nitrogens with one attached hydrogen (secondary N) is 1. The van der Waals surface area contributed by atoms with E-state index in [0.29, 0.717) is 33.0 Å². The Balaban J connectivity index is 2.05. The number of anilines is 1. The van der Waals surface area contributed by atoms with Gasteiger partial charge in [0, 0.05) is 18.1 Å². The summed E-state index contributed by atoms with van der Waals surface area (Å²) in [7, 11) is -2.73. The molecule has 0 aliphatic heterocycles. The molecule has 3 aromatic rings. The molecule has 3 aromatic carbocycles. The summed E-state index contributed by atoms with van der Waals surface area (Å²) < 4.78 is 34.7. The number of benzene rings is 3. The standard InChI is InChI=1S/C29H33BrClN3O5S/c1-5-16-32-29(36)21(3)33(18-22-8-6-7-9-26(22)31)28(35)19-34(23-12-10-20(2)11-13-23)40(37,38)24-14-15-27(39-4)25(30)17-24/h6-15,17,21H,5,16,18-19H2,1-4H3,(H,32,36)/t21-/m1/s1. The molecule has 1 N–H and O–H groups in total. The van der Waals surface area contributed by atoms with E-state index < -0.39 is 28.5 Å². The molecule has 0 fully saturated rings. The molecule has 0 aliphatic rings. The van der Waals surface area contributed by atoms with Gasteiger partial charge in [0.1, 0.15) is 18.3 Å². The molecule has 0 unspecified atom stereocenters. The number of hydrogen-bond donors (Lipinski definition) is 1. The molecular formula is C29H33BrClN3O5S. The van der Waals surface area contributed by atoms with Crippen LogP contribution in [0.5, 0.6) is 5.75 Å². The van der Waals surface area contributed by atoms with E-state index in [4.69, 9.17) is 16.3 Å². The normalized spacial score (nSPS) is 11.9. The van der Waals surface area contributed by atoms with E-state index in [1.54, 1.807) is 55.5 Å². The van der Waals surface area contributed by atoms with Crippen LogP contribution in [0.2, 0.25) is 5.02 Å². The minimum Gasteiger partial charge on any atom is -0.496 e. The number of hydrogen-bond acceptors (Lipinski definition) is 5. The van der Waals surface area contributed by atoms with Crippen molar-refractivity contribution in [2.45, 2.75) is 44.7 Å². The summed E-state index contributed by atoms with van der Waals surface area (Å²) in [6.07, 6.45) is 0.730. The van der Waals surface area contributed by atoms with Crippen molar-refractivity contribution in [1.29, 1.82) is 0 Å². The summed E-state index contributed by atoms with van der Waals surface area (Å²) in [5.41, 5.74) is 1.88. The van der Waals surface area contributed by atoms with Crippen molar-refractivity contribution >= 4 is 55.1 Å². The fourth-order valence-corrected chi connectivity index (χ4v) is 6.29. The number of methoxy groups -OCH3 is 1. The number of carbonyl (C=O) groups is 2. The molecule has 0 spiro atoms. The van der Waals surface area contributed by atoms with Crippen LogP contribution in [0.25, 0.3) is 0 Å². The maximum Gasteiger partial charge on any atom is 0.264 e. The molecule has 0 saturated carbocycles. The number of halogens is 2. The Morgan fingerprint density at radius 1 is 1.07 bits per heavy atom.